The molecule has 0 fully saturated rings. The van der Waals surface area contributed by atoms with E-state index in [9.17, 15) is 0 Å². The number of hydrogen-bond donors (Lipinski definition) is 3. The van der Waals surface area contributed by atoms with Crippen molar-refractivity contribution in [3.63, 3.8) is 0 Å². The van der Waals surface area contributed by atoms with Gasteiger partial charge in [-0.15, -0.1) is 0 Å². The molecule has 0 bridgehead atoms. The molecule has 0 aromatic heterocycles. The van der Waals surface area contributed by atoms with Crippen molar-refractivity contribution in [1.82, 2.24) is 5.32 Å². The van der Waals surface area contributed by atoms with E-state index in [2.05, 4.69) is 5.32 Å². The Hall–Kier alpha value is -0.120. The summed E-state index contributed by atoms with van der Waals surface area (Å²) in [6.45, 7) is 5.83. The highest BCUT2D eigenvalue weighted by Gasteiger charge is 2.17. The van der Waals surface area contributed by atoms with Crippen LogP contribution in [0.5, 0.6) is 0 Å². The summed E-state index contributed by atoms with van der Waals surface area (Å²) in [5.41, 5.74) is -0.290. The zero-order chi connectivity index (χ0) is 8.20. The van der Waals surface area contributed by atoms with Gasteiger partial charge < -0.3 is 15.5 Å². The first-order valence-electron chi connectivity index (χ1n) is 3.51. The van der Waals surface area contributed by atoms with Crippen molar-refractivity contribution in [2.75, 3.05) is 13.2 Å². The van der Waals surface area contributed by atoms with E-state index in [-0.39, 0.29) is 24.8 Å². The molecule has 0 amide bonds. The molecule has 3 heteroatoms. The minimum atomic E-state index is -0.290. The maximum atomic E-state index is 8.79. The van der Waals surface area contributed by atoms with E-state index in [1.165, 1.54) is 0 Å². The molecule has 0 radical (unpaired) electrons. The van der Waals surface area contributed by atoms with Crippen LogP contribution in [-0.4, -0.2) is 35.0 Å². The molecule has 0 aliphatic carbocycles. The van der Waals surface area contributed by atoms with Crippen LogP contribution in [0.2, 0.25) is 0 Å². The van der Waals surface area contributed by atoms with Gasteiger partial charge in [-0.3, -0.25) is 0 Å². The van der Waals surface area contributed by atoms with Gasteiger partial charge in [-0.25, -0.2) is 0 Å². The van der Waals surface area contributed by atoms with Crippen LogP contribution in [-0.2, 0) is 0 Å². The highest BCUT2D eigenvalue weighted by Crippen LogP contribution is 2.00. The van der Waals surface area contributed by atoms with Gasteiger partial charge in [-0.1, -0.05) is 0 Å². The quantitative estimate of drug-likeness (QED) is 0.513. The summed E-state index contributed by atoms with van der Waals surface area (Å²) in [7, 11) is 0. The molecular formula is C7H17NO2. The lowest BCUT2D eigenvalue weighted by Gasteiger charge is -2.27. The van der Waals surface area contributed by atoms with Crippen LogP contribution in [0.1, 0.15) is 20.8 Å². The molecule has 62 valence electrons. The van der Waals surface area contributed by atoms with Crippen LogP contribution in [0.4, 0.5) is 0 Å². The Morgan fingerprint density at radius 3 is 2.20 bits per heavy atom. The fraction of sp³-hybridized carbons (Fsp3) is 1.00. The van der Waals surface area contributed by atoms with Gasteiger partial charge >= 0.3 is 0 Å². The molecule has 0 aliphatic rings. The molecule has 0 rings (SSSR count). The summed E-state index contributed by atoms with van der Waals surface area (Å²) >= 11 is 0. The Kier molecular flexibility index (Phi) is 3.86. The van der Waals surface area contributed by atoms with Gasteiger partial charge in [0.15, 0.2) is 0 Å². The van der Waals surface area contributed by atoms with Crippen LogP contribution < -0.4 is 5.32 Å². The molecule has 0 aliphatic heterocycles. The normalized spacial score (nSPS) is 15.3. The number of nitrogens with one attached hydrogen (secondary N) is 1. The third kappa shape index (κ3) is 3.82. The fourth-order valence-electron chi connectivity index (χ4n) is 0.758. The minimum Gasteiger partial charge on any atom is -0.395 e. The Labute approximate surface area is 62.1 Å². The van der Waals surface area contributed by atoms with Crippen LogP contribution in [0.25, 0.3) is 0 Å². The van der Waals surface area contributed by atoms with E-state index >= 15 is 0 Å². The van der Waals surface area contributed by atoms with Crippen molar-refractivity contribution in [3.05, 3.63) is 0 Å². The van der Waals surface area contributed by atoms with Gasteiger partial charge in [-0.2, -0.15) is 0 Å². The van der Waals surface area contributed by atoms with Crippen molar-refractivity contribution in [2.24, 2.45) is 0 Å². The summed E-state index contributed by atoms with van der Waals surface area (Å²) in [5.74, 6) is 0. The molecule has 0 aromatic carbocycles. The van der Waals surface area contributed by atoms with Gasteiger partial charge in [0.05, 0.1) is 13.2 Å². The molecule has 10 heavy (non-hydrogen) atoms. The van der Waals surface area contributed by atoms with E-state index in [1.807, 2.05) is 20.8 Å². The van der Waals surface area contributed by atoms with E-state index < -0.39 is 0 Å². The molecular weight excluding hydrogens is 130 g/mol. The Morgan fingerprint density at radius 1 is 1.40 bits per heavy atom. The molecule has 0 heterocycles. The number of aliphatic hydroxyl groups excluding tert-OH is 2. The van der Waals surface area contributed by atoms with Crippen LogP contribution in [0.15, 0.2) is 0 Å². The predicted octanol–water partition coefficient (Wildman–Crippen LogP) is -0.272. The third-order valence-electron chi connectivity index (χ3n) is 1.31. The lowest BCUT2D eigenvalue weighted by Crippen LogP contribution is -2.48. The Bertz CT molecular complexity index is 93.6. The van der Waals surface area contributed by atoms with Gasteiger partial charge in [0, 0.05) is 11.6 Å². The summed E-state index contributed by atoms with van der Waals surface area (Å²) in [6, 6.07) is 0.0437. The standard InChI is InChI=1S/C7H17NO2/c1-6(4-9)8-7(2,3)5-10/h6,8-10H,4-5H2,1-3H3. The summed E-state index contributed by atoms with van der Waals surface area (Å²) < 4.78 is 0. The van der Waals surface area contributed by atoms with Gasteiger partial charge in [0.2, 0.25) is 0 Å². The van der Waals surface area contributed by atoms with E-state index in [0.717, 1.165) is 0 Å². The maximum Gasteiger partial charge on any atom is 0.0607 e. The molecule has 0 spiro atoms. The van der Waals surface area contributed by atoms with Crippen molar-refractivity contribution in [1.29, 1.82) is 0 Å². The summed E-state index contributed by atoms with van der Waals surface area (Å²) in [6.07, 6.45) is 0. The Morgan fingerprint density at radius 2 is 1.90 bits per heavy atom. The second-order valence-corrected chi connectivity index (χ2v) is 3.27. The smallest absolute Gasteiger partial charge is 0.0607 e. The van der Waals surface area contributed by atoms with Crippen molar-refractivity contribution in [3.8, 4) is 0 Å². The summed E-state index contributed by atoms with van der Waals surface area (Å²) in [4.78, 5) is 0. The van der Waals surface area contributed by atoms with Crippen LogP contribution in [0, 0.1) is 0 Å². The largest absolute Gasteiger partial charge is 0.395 e. The lowest BCUT2D eigenvalue weighted by molar-refractivity contribution is 0.155. The van der Waals surface area contributed by atoms with Crippen molar-refractivity contribution in [2.45, 2.75) is 32.4 Å². The molecule has 0 aromatic rings. The van der Waals surface area contributed by atoms with Crippen molar-refractivity contribution >= 4 is 0 Å². The average molecular weight is 147 g/mol. The topological polar surface area (TPSA) is 52.5 Å². The van der Waals surface area contributed by atoms with E-state index in [0.29, 0.717) is 0 Å². The van der Waals surface area contributed by atoms with Gasteiger partial charge in [0.1, 0.15) is 0 Å². The van der Waals surface area contributed by atoms with Gasteiger partial charge in [-0.05, 0) is 20.8 Å². The van der Waals surface area contributed by atoms with E-state index in [4.69, 9.17) is 10.2 Å². The summed E-state index contributed by atoms with van der Waals surface area (Å²) in [5, 5.41) is 20.5. The predicted molar refractivity (Wildman–Crippen MR) is 40.8 cm³/mol. The molecule has 0 saturated heterocycles. The SMILES string of the molecule is CC(CO)NC(C)(C)CO. The first kappa shape index (κ1) is 9.88. The molecule has 1 atom stereocenters. The Balaban J connectivity index is 3.64. The minimum absolute atomic E-state index is 0.0437. The maximum absolute atomic E-state index is 8.79. The highest BCUT2D eigenvalue weighted by molar-refractivity contribution is 4.78. The second kappa shape index (κ2) is 3.91. The third-order valence-corrected chi connectivity index (χ3v) is 1.31. The number of hydrogen-bond acceptors (Lipinski definition) is 3. The first-order chi connectivity index (χ1) is 4.52. The van der Waals surface area contributed by atoms with E-state index in [1.54, 1.807) is 0 Å². The zero-order valence-electron chi connectivity index (χ0n) is 6.89. The van der Waals surface area contributed by atoms with Crippen LogP contribution >= 0.6 is 0 Å². The van der Waals surface area contributed by atoms with Crippen LogP contribution in [0.3, 0.4) is 0 Å². The second-order valence-electron chi connectivity index (χ2n) is 3.27. The fourth-order valence-corrected chi connectivity index (χ4v) is 0.758. The molecule has 3 nitrogen and oxygen atoms in total. The molecule has 1 unspecified atom stereocenters. The van der Waals surface area contributed by atoms with Gasteiger partial charge in [0.25, 0.3) is 0 Å². The lowest BCUT2D eigenvalue weighted by atomic mass is 10.1. The number of aliphatic hydroxyl groups is 2. The average Bonchev–Trinajstić information content (AvgIpc) is 1.87. The van der Waals surface area contributed by atoms with Crippen molar-refractivity contribution < 1.29 is 10.2 Å². The highest BCUT2D eigenvalue weighted by atomic mass is 16.3. The zero-order valence-corrected chi connectivity index (χ0v) is 6.89. The number of rotatable bonds is 4. The first-order valence-corrected chi connectivity index (χ1v) is 3.51. The molecule has 3 N–H and O–H groups in total. The molecule has 0 saturated carbocycles. The monoisotopic (exact) mass is 147 g/mol.